The molecule has 1 atom stereocenters. The van der Waals surface area contributed by atoms with E-state index in [0.29, 0.717) is 0 Å². The normalized spacial score (nSPS) is 28.8. The zero-order valence-corrected chi connectivity index (χ0v) is 10.4. The predicted octanol–water partition coefficient (Wildman–Crippen LogP) is 1.42. The van der Waals surface area contributed by atoms with E-state index in [2.05, 4.69) is 5.32 Å². The van der Waals surface area contributed by atoms with E-state index in [1.165, 1.54) is 0 Å². The summed E-state index contributed by atoms with van der Waals surface area (Å²) in [5.74, 6) is 0.207. The molecule has 1 unspecified atom stereocenters. The Bertz CT molecular complexity index is 217. The summed E-state index contributed by atoms with van der Waals surface area (Å²) in [7, 11) is 0. The number of aliphatic hydroxyl groups is 1. The average molecular weight is 229 g/mol. The first-order valence-corrected chi connectivity index (χ1v) is 5.98. The van der Waals surface area contributed by atoms with Gasteiger partial charge in [-0.3, -0.25) is 5.32 Å². The fourth-order valence-corrected chi connectivity index (χ4v) is 1.99. The molecule has 0 amide bonds. The van der Waals surface area contributed by atoms with Gasteiger partial charge in [-0.05, 0) is 46.5 Å². The highest BCUT2D eigenvalue weighted by Crippen LogP contribution is 2.23. The summed E-state index contributed by atoms with van der Waals surface area (Å²) in [5.41, 5.74) is -0.355. The fraction of sp³-hybridized carbons (Fsp3) is 0.917. The molecule has 1 fully saturated rings. The maximum atomic E-state index is 10.6. The molecule has 16 heavy (non-hydrogen) atoms. The molecule has 0 bridgehead atoms. The summed E-state index contributed by atoms with van der Waals surface area (Å²) >= 11 is 0. The molecule has 4 nitrogen and oxygen atoms in total. The van der Waals surface area contributed by atoms with Gasteiger partial charge in [-0.1, -0.05) is 0 Å². The summed E-state index contributed by atoms with van der Waals surface area (Å²) < 4.78 is 5.37. The third kappa shape index (κ3) is 5.05. The first-order chi connectivity index (χ1) is 7.40. The van der Waals surface area contributed by atoms with E-state index >= 15 is 0 Å². The van der Waals surface area contributed by atoms with Gasteiger partial charge in [-0.2, -0.15) is 0 Å². The Morgan fingerprint density at radius 3 is 2.31 bits per heavy atom. The summed E-state index contributed by atoms with van der Waals surface area (Å²) in [6, 6.07) is 0.258. The standard InChI is InChI=1S/C12H23NO3/c1-12(2,3)16-11(15)13-10-6-4-9(8-14)5-7-10/h8-11,13,15H,4-7H2,1-3H3. The number of ether oxygens (including phenoxy) is 1. The quantitative estimate of drug-likeness (QED) is 0.565. The summed E-state index contributed by atoms with van der Waals surface area (Å²) in [6.45, 7) is 5.71. The van der Waals surface area contributed by atoms with Crippen molar-refractivity contribution in [1.29, 1.82) is 0 Å². The van der Waals surface area contributed by atoms with Crippen LogP contribution in [0, 0.1) is 5.92 Å². The monoisotopic (exact) mass is 229 g/mol. The van der Waals surface area contributed by atoms with Crippen molar-refractivity contribution in [2.45, 2.75) is 64.5 Å². The van der Waals surface area contributed by atoms with Gasteiger partial charge >= 0.3 is 0 Å². The van der Waals surface area contributed by atoms with Gasteiger partial charge in [-0.15, -0.1) is 0 Å². The fourth-order valence-electron chi connectivity index (χ4n) is 1.99. The van der Waals surface area contributed by atoms with Crippen molar-refractivity contribution in [2.75, 3.05) is 0 Å². The second-order valence-electron chi connectivity index (χ2n) is 5.50. The van der Waals surface area contributed by atoms with Crippen LogP contribution < -0.4 is 5.32 Å². The molecule has 2 N–H and O–H groups in total. The van der Waals surface area contributed by atoms with Gasteiger partial charge in [0, 0.05) is 12.0 Å². The van der Waals surface area contributed by atoms with Crippen LogP contribution in [0.2, 0.25) is 0 Å². The zero-order chi connectivity index (χ0) is 12.2. The van der Waals surface area contributed by atoms with Crippen molar-refractivity contribution in [3.8, 4) is 0 Å². The van der Waals surface area contributed by atoms with Gasteiger partial charge < -0.3 is 14.6 Å². The number of aliphatic hydroxyl groups excluding tert-OH is 1. The van der Waals surface area contributed by atoms with Crippen molar-refractivity contribution in [2.24, 2.45) is 5.92 Å². The Balaban J connectivity index is 2.25. The minimum absolute atomic E-state index is 0.207. The maximum absolute atomic E-state index is 10.6. The topological polar surface area (TPSA) is 58.6 Å². The second-order valence-corrected chi connectivity index (χ2v) is 5.50. The molecular formula is C12H23NO3. The lowest BCUT2D eigenvalue weighted by Gasteiger charge is -2.31. The molecule has 94 valence electrons. The van der Waals surface area contributed by atoms with Gasteiger partial charge in [0.15, 0.2) is 0 Å². The van der Waals surface area contributed by atoms with E-state index in [1.807, 2.05) is 20.8 Å². The molecule has 1 saturated carbocycles. The lowest BCUT2D eigenvalue weighted by atomic mass is 9.87. The van der Waals surface area contributed by atoms with Gasteiger partial charge in [0.25, 0.3) is 0 Å². The lowest BCUT2D eigenvalue weighted by molar-refractivity contribution is -0.186. The van der Waals surface area contributed by atoms with Crippen LogP contribution in [0.15, 0.2) is 0 Å². The van der Waals surface area contributed by atoms with Gasteiger partial charge in [-0.25, -0.2) is 0 Å². The zero-order valence-electron chi connectivity index (χ0n) is 10.4. The number of aldehydes is 1. The molecule has 1 aliphatic rings. The Morgan fingerprint density at radius 2 is 1.88 bits per heavy atom. The highest BCUT2D eigenvalue weighted by atomic mass is 16.6. The van der Waals surface area contributed by atoms with Crippen LogP contribution in [0.5, 0.6) is 0 Å². The van der Waals surface area contributed by atoms with Gasteiger partial charge in [0.2, 0.25) is 6.41 Å². The smallest absolute Gasteiger partial charge is 0.214 e. The Kier molecular flexibility index (Phi) is 4.89. The van der Waals surface area contributed by atoms with Crippen LogP contribution in [-0.4, -0.2) is 29.4 Å². The number of nitrogens with one attached hydrogen (secondary N) is 1. The van der Waals surface area contributed by atoms with E-state index in [4.69, 9.17) is 4.74 Å². The molecule has 1 rings (SSSR count). The maximum Gasteiger partial charge on any atom is 0.214 e. The summed E-state index contributed by atoms with van der Waals surface area (Å²) in [4.78, 5) is 10.6. The molecule has 0 radical (unpaired) electrons. The van der Waals surface area contributed by atoms with Crippen LogP contribution in [-0.2, 0) is 9.53 Å². The molecular weight excluding hydrogens is 206 g/mol. The van der Waals surface area contributed by atoms with Crippen LogP contribution in [0.3, 0.4) is 0 Å². The minimum atomic E-state index is -0.919. The van der Waals surface area contributed by atoms with E-state index in [0.717, 1.165) is 32.0 Å². The highest BCUT2D eigenvalue weighted by molar-refractivity contribution is 5.53. The van der Waals surface area contributed by atoms with Crippen molar-refractivity contribution in [1.82, 2.24) is 5.32 Å². The Labute approximate surface area is 97.4 Å². The molecule has 0 aromatic rings. The Hall–Kier alpha value is -0.450. The van der Waals surface area contributed by atoms with E-state index in [9.17, 15) is 9.90 Å². The summed E-state index contributed by atoms with van der Waals surface area (Å²) in [5, 5.41) is 12.7. The molecule has 0 heterocycles. The van der Waals surface area contributed by atoms with Crippen LogP contribution in [0.4, 0.5) is 0 Å². The highest BCUT2D eigenvalue weighted by Gasteiger charge is 2.24. The van der Waals surface area contributed by atoms with E-state index < -0.39 is 6.41 Å². The van der Waals surface area contributed by atoms with Crippen LogP contribution >= 0.6 is 0 Å². The third-order valence-corrected chi connectivity index (χ3v) is 2.81. The SMILES string of the molecule is CC(C)(C)OC(O)NC1CCC(C=O)CC1. The van der Waals surface area contributed by atoms with Crippen LogP contribution in [0.1, 0.15) is 46.5 Å². The predicted molar refractivity (Wildman–Crippen MR) is 61.8 cm³/mol. The molecule has 0 spiro atoms. The summed E-state index contributed by atoms with van der Waals surface area (Å²) in [6.07, 6.45) is 3.78. The number of carbonyl (C=O) groups excluding carboxylic acids is 1. The van der Waals surface area contributed by atoms with Crippen molar-refractivity contribution in [3.63, 3.8) is 0 Å². The second kappa shape index (κ2) is 5.75. The van der Waals surface area contributed by atoms with Gasteiger partial charge in [0.1, 0.15) is 6.29 Å². The van der Waals surface area contributed by atoms with Crippen LogP contribution in [0.25, 0.3) is 0 Å². The number of rotatable bonds is 4. The first-order valence-electron chi connectivity index (χ1n) is 5.98. The molecule has 0 aliphatic heterocycles. The minimum Gasteiger partial charge on any atom is -0.356 e. The molecule has 4 heteroatoms. The molecule has 0 saturated heterocycles. The Morgan fingerprint density at radius 1 is 1.31 bits per heavy atom. The average Bonchev–Trinajstić information content (AvgIpc) is 2.16. The largest absolute Gasteiger partial charge is 0.356 e. The van der Waals surface area contributed by atoms with Crippen molar-refractivity contribution >= 4 is 6.29 Å². The number of hydrogen-bond donors (Lipinski definition) is 2. The van der Waals surface area contributed by atoms with Crippen molar-refractivity contribution in [3.05, 3.63) is 0 Å². The third-order valence-electron chi connectivity index (χ3n) is 2.81. The van der Waals surface area contributed by atoms with E-state index in [1.54, 1.807) is 0 Å². The molecule has 0 aromatic carbocycles. The molecule has 1 aliphatic carbocycles. The first kappa shape index (κ1) is 13.6. The molecule has 0 aromatic heterocycles. The lowest BCUT2D eigenvalue weighted by Crippen LogP contribution is -2.45. The number of carbonyl (C=O) groups is 1. The number of hydrogen-bond acceptors (Lipinski definition) is 4. The van der Waals surface area contributed by atoms with Crippen molar-refractivity contribution < 1.29 is 14.6 Å². The van der Waals surface area contributed by atoms with E-state index in [-0.39, 0.29) is 17.6 Å². The van der Waals surface area contributed by atoms with Gasteiger partial charge in [0.05, 0.1) is 5.60 Å².